The first-order valence-corrected chi connectivity index (χ1v) is 9.44. The lowest BCUT2D eigenvalue weighted by atomic mass is 10.00. The molecule has 4 rings (SSSR count). The van der Waals surface area contributed by atoms with Crippen LogP contribution in [0.1, 0.15) is 29.7 Å². The van der Waals surface area contributed by atoms with Crippen LogP contribution < -0.4 is 10.1 Å². The number of aromatic nitrogens is 4. The van der Waals surface area contributed by atoms with Crippen LogP contribution in [-0.4, -0.2) is 26.8 Å². The van der Waals surface area contributed by atoms with Gasteiger partial charge in [-0.3, -0.25) is 0 Å². The highest BCUT2D eigenvalue weighted by Crippen LogP contribution is 2.37. The molecule has 1 aliphatic rings. The molecule has 9 heteroatoms. The molecule has 144 valence electrons. The minimum atomic E-state index is -2.93. The number of alkyl halides is 2. The highest BCUT2D eigenvalue weighted by Gasteiger charge is 2.27. The second-order valence-corrected chi connectivity index (χ2v) is 7.12. The lowest BCUT2D eigenvalue weighted by Gasteiger charge is -2.25. The number of aryl methyl sites for hydroxylation is 1. The number of nitrogens with zero attached hydrogens (tertiary/aromatic N) is 4. The summed E-state index contributed by atoms with van der Waals surface area (Å²) >= 11 is 3.40. The molecular weight excluding hydrogens is 432 g/mol. The number of anilines is 1. The Labute approximate surface area is 168 Å². The quantitative estimate of drug-likeness (QED) is 0.616. The number of halogens is 3. The summed E-state index contributed by atoms with van der Waals surface area (Å²) in [7, 11) is 0. The van der Waals surface area contributed by atoms with E-state index in [1.54, 1.807) is 12.1 Å². The zero-order valence-electron chi connectivity index (χ0n) is 14.8. The molecule has 0 saturated heterocycles. The van der Waals surface area contributed by atoms with Crippen molar-refractivity contribution >= 4 is 27.6 Å². The van der Waals surface area contributed by atoms with Gasteiger partial charge < -0.3 is 10.1 Å². The third kappa shape index (κ3) is 3.62. The lowest BCUT2D eigenvalue weighted by molar-refractivity contribution is -0.0506. The Bertz CT molecular complexity index is 1020. The Morgan fingerprint density at radius 1 is 1.21 bits per heavy atom. The highest BCUT2D eigenvalue weighted by atomic mass is 79.9. The van der Waals surface area contributed by atoms with Crippen LogP contribution in [0.4, 0.5) is 14.7 Å². The van der Waals surface area contributed by atoms with E-state index in [4.69, 9.17) is 4.74 Å². The van der Waals surface area contributed by atoms with Crippen molar-refractivity contribution in [3.8, 4) is 5.75 Å². The molecule has 1 aromatic heterocycles. The van der Waals surface area contributed by atoms with E-state index in [1.807, 2.05) is 18.2 Å². The summed E-state index contributed by atoms with van der Waals surface area (Å²) in [4.78, 5) is 0. The molecule has 0 bridgehead atoms. The molecule has 0 unspecified atom stereocenters. The van der Waals surface area contributed by atoms with E-state index < -0.39 is 12.7 Å². The van der Waals surface area contributed by atoms with Crippen molar-refractivity contribution in [1.29, 1.82) is 0 Å². The molecule has 0 amide bonds. The molecular formula is C19H16BrF2N5O. The van der Waals surface area contributed by atoms with E-state index in [2.05, 4.69) is 55.8 Å². The zero-order valence-corrected chi connectivity index (χ0v) is 16.4. The van der Waals surface area contributed by atoms with Crippen molar-refractivity contribution in [3.05, 3.63) is 69.7 Å². The number of rotatable bonds is 5. The maximum absolute atomic E-state index is 12.9. The van der Waals surface area contributed by atoms with Gasteiger partial charge in [0.15, 0.2) is 0 Å². The maximum atomic E-state index is 12.9. The third-order valence-electron chi connectivity index (χ3n) is 4.51. The molecule has 2 aromatic carbocycles. The SMILES string of the molecule is CCc1ccc(C2=C[C@H](c3cc(Br)ccc3OC(F)F)n3nnnc3N2)cc1. The van der Waals surface area contributed by atoms with Gasteiger partial charge in [-0.25, -0.2) is 0 Å². The minimum Gasteiger partial charge on any atom is -0.434 e. The van der Waals surface area contributed by atoms with Gasteiger partial charge in [-0.2, -0.15) is 13.5 Å². The predicted molar refractivity (Wildman–Crippen MR) is 104 cm³/mol. The van der Waals surface area contributed by atoms with Crippen molar-refractivity contribution < 1.29 is 13.5 Å². The average molecular weight is 448 g/mol. The van der Waals surface area contributed by atoms with Gasteiger partial charge in [0.2, 0.25) is 5.95 Å². The topological polar surface area (TPSA) is 64.9 Å². The molecule has 28 heavy (non-hydrogen) atoms. The lowest BCUT2D eigenvalue weighted by Crippen LogP contribution is -2.21. The summed E-state index contributed by atoms with van der Waals surface area (Å²) in [6.45, 7) is -0.838. The number of nitrogens with one attached hydrogen (secondary N) is 1. The first kappa shape index (κ1) is 18.5. The minimum absolute atomic E-state index is 0.0727. The third-order valence-corrected chi connectivity index (χ3v) is 5.00. The van der Waals surface area contributed by atoms with Crippen LogP contribution in [0.25, 0.3) is 5.70 Å². The van der Waals surface area contributed by atoms with Crippen molar-refractivity contribution in [1.82, 2.24) is 20.2 Å². The molecule has 0 fully saturated rings. The van der Waals surface area contributed by atoms with Crippen LogP contribution in [0.3, 0.4) is 0 Å². The van der Waals surface area contributed by atoms with E-state index >= 15 is 0 Å². The fraction of sp³-hybridized carbons (Fsp3) is 0.211. The first-order chi connectivity index (χ1) is 13.5. The largest absolute Gasteiger partial charge is 0.434 e. The standard InChI is InChI=1S/C19H16BrF2N5O/c1-2-11-3-5-12(6-4-11)15-10-16(27-19(23-15)24-25-26-27)14-9-13(20)7-8-17(14)28-18(21)22/h3-10,16,18H,2H2,1H3,(H,23,24,26)/t16-/m1/s1. The Balaban J connectivity index is 1.81. The molecule has 0 saturated carbocycles. The number of tetrazole rings is 1. The molecule has 1 atom stereocenters. The maximum Gasteiger partial charge on any atom is 0.387 e. The van der Waals surface area contributed by atoms with Crippen LogP contribution in [0, 0.1) is 0 Å². The van der Waals surface area contributed by atoms with Crippen LogP contribution in [-0.2, 0) is 6.42 Å². The smallest absolute Gasteiger partial charge is 0.387 e. The van der Waals surface area contributed by atoms with Gasteiger partial charge in [0.1, 0.15) is 11.8 Å². The Morgan fingerprint density at radius 2 is 2.00 bits per heavy atom. The molecule has 6 nitrogen and oxygen atoms in total. The number of ether oxygens (including phenoxy) is 1. The number of hydrogen-bond acceptors (Lipinski definition) is 5. The summed E-state index contributed by atoms with van der Waals surface area (Å²) in [5.74, 6) is 0.494. The van der Waals surface area contributed by atoms with Crippen LogP contribution >= 0.6 is 15.9 Å². The van der Waals surface area contributed by atoms with E-state index in [9.17, 15) is 8.78 Å². The summed E-state index contributed by atoms with van der Waals surface area (Å²) in [6, 6.07) is 12.5. The van der Waals surface area contributed by atoms with Gasteiger partial charge in [0, 0.05) is 15.7 Å². The van der Waals surface area contributed by atoms with E-state index in [0.717, 1.165) is 22.2 Å². The highest BCUT2D eigenvalue weighted by molar-refractivity contribution is 9.10. The summed E-state index contributed by atoms with van der Waals surface area (Å²) < 4.78 is 32.8. The first-order valence-electron chi connectivity index (χ1n) is 8.65. The van der Waals surface area contributed by atoms with Gasteiger partial charge in [0.25, 0.3) is 0 Å². The molecule has 0 aliphatic carbocycles. The zero-order chi connectivity index (χ0) is 19.7. The summed E-state index contributed by atoms with van der Waals surface area (Å²) in [6.07, 6.45) is 2.84. The van der Waals surface area contributed by atoms with Crippen LogP contribution in [0.15, 0.2) is 53.0 Å². The number of hydrogen-bond donors (Lipinski definition) is 1. The molecule has 0 spiro atoms. The van der Waals surface area contributed by atoms with Crippen molar-refractivity contribution in [3.63, 3.8) is 0 Å². The fourth-order valence-corrected chi connectivity index (χ4v) is 3.50. The summed E-state index contributed by atoms with van der Waals surface area (Å²) in [5.41, 5.74) is 3.48. The van der Waals surface area contributed by atoms with Gasteiger partial charge in [-0.1, -0.05) is 52.2 Å². The Morgan fingerprint density at radius 3 is 2.71 bits per heavy atom. The van der Waals surface area contributed by atoms with Crippen LogP contribution in [0.2, 0.25) is 0 Å². The molecule has 2 heterocycles. The Hall–Kier alpha value is -2.81. The molecule has 1 N–H and O–H groups in total. The van der Waals surface area contributed by atoms with Crippen molar-refractivity contribution in [2.45, 2.75) is 26.0 Å². The number of allylic oxidation sites excluding steroid dienone is 1. The molecule has 1 aliphatic heterocycles. The fourth-order valence-electron chi connectivity index (χ4n) is 3.12. The van der Waals surface area contributed by atoms with Gasteiger partial charge in [-0.05, 0) is 52.2 Å². The second kappa shape index (κ2) is 7.67. The normalized spacial score (nSPS) is 15.8. The molecule has 3 aromatic rings. The van der Waals surface area contributed by atoms with Gasteiger partial charge in [0.05, 0.1) is 0 Å². The predicted octanol–water partition coefficient (Wildman–Crippen LogP) is 4.66. The second-order valence-electron chi connectivity index (χ2n) is 6.21. The van der Waals surface area contributed by atoms with Crippen molar-refractivity contribution in [2.75, 3.05) is 5.32 Å². The van der Waals surface area contributed by atoms with E-state index in [1.165, 1.54) is 16.3 Å². The van der Waals surface area contributed by atoms with Crippen molar-refractivity contribution in [2.24, 2.45) is 0 Å². The van der Waals surface area contributed by atoms with E-state index in [-0.39, 0.29) is 5.75 Å². The van der Waals surface area contributed by atoms with Crippen LogP contribution in [0.5, 0.6) is 5.75 Å². The van der Waals surface area contributed by atoms with Gasteiger partial charge in [-0.15, -0.1) is 0 Å². The number of fused-ring (bicyclic) bond motifs is 1. The average Bonchev–Trinajstić information content (AvgIpc) is 3.17. The molecule has 0 radical (unpaired) electrons. The monoisotopic (exact) mass is 447 g/mol. The number of benzene rings is 2. The Kier molecular flexibility index (Phi) is 5.08. The van der Waals surface area contributed by atoms with Gasteiger partial charge >= 0.3 is 6.61 Å². The summed E-state index contributed by atoms with van der Waals surface area (Å²) in [5, 5.41) is 14.9. The van der Waals surface area contributed by atoms with E-state index in [0.29, 0.717) is 11.5 Å².